The highest BCUT2D eigenvalue weighted by atomic mass is 16.5. The van der Waals surface area contributed by atoms with Gasteiger partial charge in [-0.2, -0.15) is 5.10 Å². The standard InChI is InChI=1S/C20H19N3O2/c1-25-19-10-8-18(9-11-19)22-20(24)12-7-17-13-21-23(15-17)14-16-5-3-2-4-6-16/h2-13,15H,14H2,1H3,(H,22,24)/b12-7+. The Morgan fingerprint density at radius 3 is 2.64 bits per heavy atom. The van der Waals surface area contributed by atoms with Gasteiger partial charge in [-0.15, -0.1) is 0 Å². The van der Waals surface area contributed by atoms with Crippen molar-refractivity contribution >= 4 is 17.7 Å². The molecule has 3 aromatic rings. The van der Waals surface area contributed by atoms with Crippen LogP contribution in [0.15, 0.2) is 73.1 Å². The Labute approximate surface area is 146 Å². The number of hydrogen-bond donors (Lipinski definition) is 1. The van der Waals surface area contributed by atoms with Crippen LogP contribution in [0.1, 0.15) is 11.1 Å². The van der Waals surface area contributed by atoms with E-state index in [-0.39, 0.29) is 5.91 Å². The zero-order valence-electron chi connectivity index (χ0n) is 13.9. The molecule has 1 amide bonds. The number of hydrogen-bond acceptors (Lipinski definition) is 3. The van der Waals surface area contributed by atoms with Crippen LogP contribution in [0, 0.1) is 0 Å². The summed E-state index contributed by atoms with van der Waals surface area (Å²) in [6, 6.07) is 17.3. The van der Waals surface area contributed by atoms with Crippen LogP contribution in [0.25, 0.3) is 6.08 Å². The number of methoxy groups -OCH3 is 1. The number of carbonyl (C=O) groups excluding carboxylic acids is 1. The average Bonchev–Trinajstić information content (AvgIpc) is 3.09. The third-order valence-corrected chi connectivity index (χ3v) is 3.63. The van der Waals surface area contributed by atoms with Crippen molar-refractivity contribution in [2.75, 3.05) is 12.4 Å². The fraction of sp³-hybridized carbons (Fsp3) is 0.100. The van der Waals surface area contributed by atoms with Crippen molar-refractivity contribution in [3.05, 3.63) is 84.2 Å². The van der Waals surface area contributed by atoms with Gasteiger partial charge in [0.2, 0.25) is 5.91 Å². The smallest absolute Gasteiger partial charge is 0.248 e. The van der Waals surface area contributed by atoms with E-state index in [9.17, 15) is 4.79 Å². The molecule has 0 aliphatic carbocycles. The van der Waals surface area contributed by atoms with Gasteiger partial charge in [0.25, 0.3) is 0 Å². The Morgan fingerprint density at radius 2 is 1.92 bits per heavy atom. The van der Waals surface area contributed by atoms with Crippen molar-refractivity contribution in [1.82, 2.24) is 9.78 Å². The second-order valence-electron chi connectivity index (χ2n) is 5.51. The number of nitrogens with one attached hydrogen (secondary N) is 1. The molecule has 0 spiro atoms. The van der Waals surface area contributed by atoms with Crippen LogP contribution in [0.2, 0.25) is 0 Å². The van der Waals surface area contributed by atoms with Crippen LogP contribution < -0.4 is 10.1 Å². The number of amides is 1. The van der Waals surface area contributed by atoms with Gasteiger partial charge in [0.1, 0.15) is 5.75 Å². The number of benzene rings is 2. The predicted octanol–water partition coefficient (Wildman–Crippen LogP) is 3.59. The van der Waals surface area contributed by atoms with Crippen molar-refractivity contribution < 1.29 is 9.53 Å². The molecule has 0 fully saturated rings. The van der Waals surface area contributed by atoms with Crippen LogP contribution >= 0.6 is 0 Å². The second-order valence-corrected chi connectivity index (χ2v) is 5.51. The summed E-state index contributed by atoms with van der Waals surface area (Å²) in [4.78, 5) is 12.0. The molecule has 0 saturated heterocycles. The Bertz CT molecular complexity index is 852. The van der Waals surface area contributed by atoms with Gasteiger partial charge in [-0.25, -0.2) is 0 Å². The minimum absolute atomic E-state index is 0.194. The number of aromatic nitrogens is 2. The molecule has 0 bridgehead atoms. The summed E-state index contributed by atoms with van der Waals surface area (Å²) in [5.41, 5.74) is 2.77. The van der Waals surface area contributed by atoms with E-state index in [1.807, 2.05) is 29.1 Å². The Hall–Kier alpha value is -3.34. The van der Waals surface area contributed by atoms with Crippen molar-refractivity contribution in [3.8, 4) is 5.75 Å². The summed E-state index contributed by atoms with van der Waals surface area (Å²) in [6.45, 7) is 0.701. The zero-order valence-corrected chi connectivity index (χ0v) is 13.9. The molecular weight excluding hydrogens is 314 g/mol. The SMILES string of the molecule is COc1ccc(NC(=O)/C=C/c2cnn(Cc3ccccc3)c2)cc1. The van der Waals surface area contributed by atoms with Gasteiger partial charge in [-0.05, 0) is 35.9 Å². The molecule has 5 nitrogen and oxygen atoms in total. The first kappa shape index (κ1) is 16.5. The average molecular weight is 333 g/mol. The number of anilines is 1. The highest BCUT2D eigenvalue weighted by Gasteiger charge is 2.00. The van der Waals surface area contributed by atoms with E-state index in [4.69, 9.17) is 4.74 Å². The lowest BCUT2D eigenvalue weighted by atomic mass is 10.2. The Kier molecular flexibility index (Phi) is 5.26. The van der Waals surface area contributed by atoms with Gasteiger partial charge in [-0.1, -0.05) is 30.3 Å². The van der Waals surface area contributed by atoms with Gasteiger partial charge >= 0.3 is 0 Å². The van der Waals surface area contributed by atoms with Gasteiger partial charge in [-0.3, -0.25) is 9.48 Å². The lowest BCUT2D eigenvalue weighted by molar-refractivity contribution is -0.111. The van der Waals surface area contributed by atoms with Crippen molar-refractivity contribution in [2.45, 2.75) is 6.54 Å². The Balaban J connectivity index is 1.57. The van der Waals surface area contributed by atoms with Crippen molar-refractivity contribution in [1.29, 1.82) is 0 Å². The topological polar surface area (TPSA) is 56.1 Å². The van der Waals surface area contributed by atoms with E-state index in [1.54, 1.807) is 43.6 Å². The van der Waals surface area contributed by atoms with Crippen LogP contribution in [-0.2, 0) is 11.3 Å². The first-order valence-electron chi connectivity index (χ1n) is 7.92. The fourth-order valence-electron chi connectivity index (χ4n) is 2.35. The summed E-state index contributed by atoms with van der Waals surface area (Å²) in [7, 11) is 1.61. The highest BCUT2D eigenvalue weighted by molar-refractivity contribution is 6.01. The van der Waals surface area contributed by atoms with Crippen molar-refractivity contribution in [3.63, 3.8) is 0 Å². The maximum Gasteiger partial charge on any atom is 0.248 e. The lowest BCUT2D eigenvalue weighted by Gasteiger charge is -2.03. The summed E-state index contributed by atoms with van der Waals surface area (Å²) >= 11 is 0. The minimum atomic E-state index is -0.194. The van der Waals surface area contributed by atoms with E-state index < -0.39 is 0 Å². The molecule has 3 rings (SSSR count). The zero-order chi connectivity index (χ0) is 17.5. The third-order valence-electron chi connectivity index (χ3n) is 3.63. The number of ether oxygens (including phenoxy) is 1. The quantitative estimate of drug-likeness (QED) is 0.701. The lowest BCUT2D eigenvalue weighted by Crippen LogP contribution is -2.07. The first-order chi connectivity index (χ1) is 12.2. The molecule has 2 aromatic carbocycles. The molecule has 1 heterocycles. The number of nitrogens with zero attached hydrogens (tertiary/aromatic N) is 2. The van der Waals surface area contributed by atoms with Crippen LogP contribution in [0.5, 0.6) is 5.75 Å². The number of rotatable bonds is 6. The summed E-state index contributed by atoms with van der Waals surface area (Å²) < 4.78 is 6.93. The van der Waals surface area contributed by atoms with Crippen LogP contribution in [0.3, 0.4) is 0 Å². The maximum atomic E-state index is 12.0. The van der Waals surface area contributed by atoms with E-state index in [1.165, 1.54) is 11.6 Å². The molecular formula is C20H19N3O2. The fourth-order valence-corrected chi connectivity index (χ4v) is 2.35. The van der Waals surface area contributed by atoms with Gasteiger partial charge in [0.05, 0.1) is 19.9 Å². The third kappa shape index (κ3) is 4.81. The van der Waals surface area contributed by atoms with Crippen LogP contribution in [0.4, 0.5) is 5.69 Å². The van der Waals surface area contributed by atoms with E-state index >= 15 is 0 Å². The highest BCUT2D eigenvalue weighted by Crippen LogP contribution is 2.15. The number of carbonyl (C=O) groups is 1. The molecule has 1 N–H and O–H groups in total. The van der Waals surface area contributed by atoms with E-state index in [0.29, 0.717) is 6.54 Å². The molecule has 0 aliphatic rings. The van der Waals surface area contributed by atoms with E-state index in [0.717, 1.165) is 17.0 Å². The molecule has 0 saturated carbocycles. The minimum Gasteiger partial charge on any atom is -0.497 e. The Morgan fingerprint density at radius 1 is 1.16 bits per heavy atom. The van der Waals surface area contributed by atoms with Gasteiger partial charge < -0.3 is 10.1 Å². The monoisotopic (exact) mass is 333 g/mol. The van der Waals surface area contributed by atoms with Crippen molar-refractivity contribution in [2.24, 2.45) is 0 Å². The molecule has 5 heteroatoms. The van der Waals surface area contributed by atoms with Crippen LogP contribution in [-0.4, -0.2) is 22.8 Å². The molecule has 0 aliphatic heterocycles. The summed E-state index contributed by atoms with van der Waals surface area (Å²) in [5.74, 6) is 0.556. The first-order valence-corrected chi connectivity index (χ1v) is 7.92. The predicted molar refractivity (Wildman–Crippen MR) is 98.4 cm³/mol. The normalized spacial score (nSPS) is 10.8. The molecule has 1 aromatic heterocycles. The molecule has 25 heavy (non-hydrogen) atoms. The molecule has 0 unspecified atom stereocenters. The molecule has 0 atom stereocenters. The summed E-state index contributed by atoms with van der Waals surface area (Å²) in [6.07, 6.45) is 6.88. The maximum absolute atomic E-state index is 12.0. The molecule has 126 valence electrons. The van der Waals surface area contributed by atoms with Gasteiger partial charge in [0, 0.05) is 23.5 Å². The van der Waals surface area contributed by atoms with E-state index in [2.05, 4.69) is 22.5 Å². The largest absolute Gasteiger partial charge is 0.497 e. The van der Waals surface area contributed by atoms with Gasteiger partial charge in [0.15, 0.2) is 0 Å². The summed E-state index contributed by atoms with van der Waals surface area (Å²) in [5, 5.41) is 7.11. The second kappa shape index (κ2) is 7.97. The molecule has 0 radical (unpaired) electrons.